The average Bonchev–Trinajstić information content (AvgIpc) is 3.15. The zero-order valence-corrected chi connectivity index (χ0v) is 16.5. The number of nitrogens with one attached hydrogen (secondary N) is 1. The van der Waals surface area contributed by atoms with Crippen LogP contribution in [0.15, 0.2) is 68.4 Å². The summed E-state index contributed by atoms with van der Waals surface area (Å²) in [4.78, 5) is 11.8. The van der Waals surface area contributed by atoms with Crippen LogP contribution in [-0.4, -0.2) is 28.1 Å². The fraction of sp³-hybridized carbons (Fsp3) is 0.111. The topological polar surface area (TPSA) is 67.2 Å². The largest absolute Gasteiger partial charge is 0.272 e. The van der Waals surface area contributed by atoms with Crippen molar-refractivity contribution in [3.05, 3.63) is 71.5 Å². The molecule has 0 spiro atoms. The molecule has 0 aliphatic carbocycles. The molecule has 0 aliphatic rings. The summed E-state index contributed by atoms with van der Waals surface area (Å²) in [5.41, 5.74) is 4.37. The average molecular weight is 419 g/mol. The van der Waals surface area contributed by atoms with Crippen molar-refractivity contribution in [2.75, 3.05) is 5.75 Å². The maximum absolute atomic E-state index is 12.8. The number of carbonyl (C=O) groups excluding carboxylic acids is 1. The Kier molecular flexibility index (Phi) is 7.37. The molecule has 0 fully saturated rings. The van der Waals surface area contributed by atoms with Gasteiger partial charge in [0.2, 0.25) is 0 Å². The van der Waals surface area contributed by atoms with E-state index in [0.717, 1.165) is 14.4 Å². The highest BCUT2D eigenvalue weighted by molar-refractivity contribution is 8.03. The van der Waals surface area contributed by atoms with E-state index in [-0.39, 0.29) is 17.5 Å². The molecule has 0 radical (unpaired) electrons. The van der Waals surface area contributed by atoms with Crippen LogP contribution in [0.5, 0.6) is 0 Å². The van der Waals surface area contributed by atoms with E-state index in [1.54, 1.807) is 23.9 Å². The molecule has 5 nitrogen and oxygen atoms in total. The van der Waals surface area contributed by atoms with Gasteiger partial charge in [-0.25, -0.2) is 9.82 Å². The molecular weight excluding hydrogens is 403 g/mol. The van der Waals surface area contributed by atoms with E-state index in [0.29, 0.717) is 5.56 Å². The second kappa shape index (κ2) is 10.2. The quantitative estimate of drug-likeness (QED) is 0.337. The van der Waals surface area contributed by atoms with Crippen molar-refractivity contribution in [1.29, 1.82) is 0 Å². The highest BCUT2D eigenvalue weighted by Crippen LogP contribution is 2.30. The Morgan fingerprint density at radius 1 is 1.07 bits per heavy atom. The molecule has 138 valence electrons. The molecule has 3 aromatic rings. The molecular formula is C18H15FN4OS3. The smallest absolute Gasteiger partial charge is 0.250 e. The second-order valence-electron chi connectivity index (χ2n) is 5.24. The number of rotatable bonds is 8. The summed E-state index contributed by atoms with van der Waals surface area (Å²) in [7, 11) is 0. The van der Waals surface area contributed by atoms with Crippen molar-refractivity contribution < 1.29 is 9.18 Å². The highest BCUT2D eigenvalue weighted by Gasteiger charge is 2.08. The molecule has 1 aromatic heterocycles. The van der Waals surface area contributed by atoms with Gasteiger partial charge in [0.1, 0.15) is 5.82 Å². The lowest BCUT2D eigenvalue weighted by Crippen LogP contribution is -2.19. The first-order valence-electron chi connectivity index (χ1n) is 7.89. The summed E-state index contributed by atoms with van der Waals surface area (Å²) in [6, 6.07) is 16.0. The number of hydrazone groups is 1. The number of hydrogen-bond donors (Lipinski definition) is 1. The van der Waals surface area contributed by atoms with Crippen molar-refractivity contribution in [3.8, 4) is 0 Å². The van der Waals surface area contributed by atoms with Gasteiger partial charge in [0.25, 0.3) is 5.91 Å². The lowest BCUT2D eigenvalue weighted by Gasteiger charge is -1.98. The lowest BCUT2D eigenvalue weighted by molar-refractivity contribution is -0.118. The molecule has 1 amide bonds. The molecule has 0 aliphatic heterocycles. The fourth-order valence-corrected chi connectivity index (χ4v) is 4.69. The molecule has 0 atom stereocenters. The number of amides is 1. The minimum absolute atomic E-state index is 0.193. The predicted molar refractivity (Wildman–Crippen MR) is 109 cm³/mol. The molecule has 0 unspecified atom stereocenters. The van der Waals surface area contributed by atoms with Crippen LogP contribution in [0, 0.1) is 5.82 Å². The standard InChI is InChI=1S/C18H15FN4OS3/c19-15-8-6-13(7-9-15)10-20-21-16(24)12-26-18-23-22-17(27-18)25-11-14-4-2-1-3-5-14/h1-10H,11-12H2,(H,21,24)/b20-10-. The molecule has 27 heavy (non-hydrogen) atoms. The van der Waals surface area contributed by atoms with Gasteiger partial charge in [-0.3, -0.25) is 4.79 Å². The van der Waals surface area contributed by atoms with Crippen LogP contribution in [0.2, 0.25) is 0 Å². The van der Waals surface area contributed by atoms with Crippen LogP contribution in [0.25, 0.3) is 0 Å². The van der Waals surface area contributed by atoms with E-state index < -0.39 is 0 Å². The normalized spacial score (nSPS) is 11.0. The first kappa shape index (κ1) is 19.5. The van der Waals surface area contributed by atoms with Gasteiger partial charge in [-0.05, 0) is 23.3 Å². The minimum Gasteiger partial charge on any atom is -0.272 e. The second-order valence-corrected chi connectivity index (χ2v) is 8.66. The molecule has 0 saturated heterocycles. The predicted octanol–water partition coefficient (Wildman–Crippen LogP) is 4.21. The van der Waals surface area contributed by atoms with Crippen LogP contribution in [0.4, 0.5) is 4.39 Å². The summed E-state index contributed by atoms with van der Waals surface area (Å²) in [6.45, 7) is 0. The summed E-state index contributed by atoms with van der Waals surface area (Å²) in [6.07, 6.45) is 1.46. The fourth-order valence-electron chi connectivity index (χ4n) is 1.92. The number of aromatic nitrogens is 2. The molecule has 9 heteroatoms. The third kappa shape index (κ3) is 6.78. The van der Waals surface area contributed by atoms with E-state index in [9.17, 15) is 9.18 Å². The van der Waals surface area contributed by atoms with Crippen LogP contribution >= 0.6 is 34.9 Å². The summed E-state index contributed by atoms with van der Waals surface area (Å²) in [5.74, 6) is 0.468. The van der Waals surface area contributed by atoms with E-state index >= 15 is 0 Å². The zero-order chi connectivity index (χ0) is 18.9. The van der Waals surface area contributed by atoms with Gasteiger partial charge in [0.15, 0.2) is 8.68 Å². The summed E-state index contributed by atoms with van der Waals surface area (Å²) >= 11 is 4.40. The Bertz CT molecular complexity index is 900. The van der Waals surface area contributed by atoms with Gasteiger partial charge in [0, 0.05) is 5.75 Å². The lowest BCUT2D eigenvalue weighted by atomic mass is 10.2. The van der Waals surface area contributed by atoms with Crippen molar-refractivity contribution in [1.82, 2.24) is 15.6 Å². The number of nitrogens with zero attached hydrogens (tertiary/aromatic N) is 3. The molecule has 2 aromatic carbocycles. The number of benzene rings is 2. The van der Waals surface area contributed by atoms with Gasteiger partial charge < -0.3 is 0 Å². The molecule has 0 saturated carbocycles. The monoisotopic (exact) mass is 418 g/mol. The SMILES string of the molecule is O=C(CSc1nnc(SCc2ccccc2)s1)N/N=C\c1ccc(F)cc1. The van der Waals surface area contributed by atoms with Gasteiger partial charge in [0.05, 0.1) is 12.0 Å². The van der Waals surface area contributed by atoms with Gasteiger partial charge in [-0.1, -0.05) is 77.3 Å². The Morgan fingerprint density at radius 2 is 1.78 bits per heavy atom. The first-order valence-corrected chi connectivity index (χ1v) is 10.7. The minimum atomic E-state index is -0.314. The zero-order valence-electron chi connectivity index (χ0n) is 14.0. The Hall–Kier alpha value is -2.23. The van der Waals surface area contributed by atoms with Crippen molar-refractivity contribution in [2.45, 2.75) is 14.4 Å². The van der Waals surface area contributed by atoms with Crippen LogP contribution < -0.4 is 5.43 Å². The number of carbonyl (C=O) groups is 1. The molecule has 0 bridgehead atoms. The van der Waals surface area contributed by atoms with E-state index in [1.165, 1.54) is 47.0 Å². The van der Waals surface area contributed by atoms with E-state index in [4.69, 9.17) is 0 Å². The van der Waals surface area contributed by atoms with Gasteiger partial charge in [-0.15, -0.1) is 10.2 Å². The van der Waals surface area contributed by atoms with Crippen molar-refractivity contribution in [2.24, 2.45) is 5.10 Å². The maximum atomic E-state index is 12.8. The van der Waals surface area contributed by atoms with E-state index in [1.807, 2.05) is 18.2 Å². The highest BCUT2D eigenvalue weighted by atomic mass is 32.2. The molecule has 1 N–H and O–H groups in total. The van der Waals surface area contributed by atoms with Crippen molar-refractivity contribution >= 4 is 47.0 Å². The number of halogens is 1. The molecule has 3 rings (SSSR count). The third-order valence-corrected chi connectivity index (χ3v) is 6.45. The summed E-state index contributed by atoms with van der Waals surface area (Å²) < 4.78 is 14.4. The van der Waals surface area contributed by atoms with Crippen LogP contribution in [0.3, 0.4) is 0 Å². The number of hydrogen-bond acceptors (Lipinski definition) is 7. The summed E-state index contributed by atoms with van der Waals surface area (Å²) in [5, 5.41) is 12.1. The Balaban J connectivity index is 1.40. The maximum Gasteiger partial charge on any atom is 0.250 e. The molecule has 1 heterocycles. The third-order valence-electron chi connectivity index (χ3n) is 3.19. The van der Waals surface area contributed by atoms with Crippen LogP contribution in [0.1, 0.15) is 11.1 Å². The van der Waals surface area contributed by atoms with Crippen molar-refractivity contribution in [3.63, 3.8) is 0 Å². The van der Waals surface area contributed by atoms with Crippen LogP contribution in [-0.2, 0) is 10.5 Å². The van der Waals surface area contributed by atoms with Gasteiger partial charge in [-0.2, -0.15) is 5.10 Å². The Labute approximate surface area is 168 Å². The number of thioether (sulfide) groups is 2. The van der Waals surface area contributed by atoms with Gasteiger partial charge >= 0.3 is 0 Å². The van der Waals surface area contributed by atoms with E-state index in [2.05, 4.69) is 32.9 Å². The Morgan fingerprint density at radius 3 is 2.52 bits per heavy atom. The first-order chi connectivity index (χ1) is 13.2.